The molecular formula is C27H41ClTe2. The minimum absolute atomic E-state index is 0. The van der Waals surface area contributed by atoms with Crippen LogP contribution in [-0.4, -0.2) is 41.4 Å². The zero-order valence-corrected chi connectivity index (χ0v) is 26.5. The SMILES string of the molecule is CC(C)(C)C1=CC(=Cc2cc[te+]c(C(C)(C)C)c2C(C)(C)C)C=C(C(C)(C)C)[Te]1.[Cl-]. The summed E-state index contributed by atoms with van der Waals surface area (Å²) in [6.07, 6.45) is 7.51. The second-order valence-corrected chi connectivity index (χ2v) is 18.1. The fraction of sp³-hybridized carbons (Fsp3) is 0.593. The Balaban J connectivity index is 0.00000450. The van der Waals surface area contributed by atoms with Crippen LogP contribution in [0.4, 0.5) is 0 Å². The molecule has 0 radical (unpaired) electrons. The smallest absolute Gasteiger partial charge is 1.00 e. The Morgan fingerprint density at radius 3 is 1.53 bits per heavy atom. The van der Waals surface area contributed by atoms with E-state index in [1.165, 1.54) is 11.1 Å². The zero-order valence-electron chi connectivity index (χ0n) is 21.1. The summed E-state index contributed by atoms with van der Waals surface area (Å²) in [5.74, 6) is 0. The number of rotatable bonds is 1. The monoisotopic (exact) mass is 660 g/mol. The van der Waals surface area contributed by atoms with Gasteiger partial charge >= 0.3 is 202 Å². The molecule has 3 heteroatoms. The van der Waals surface area contributed by atoms with Gasteiger partial charge in [-0.05, 0) is 0 Å². The van der Waals surface area contributed by atoms with E-state index in [1.807, 2.05) is 0 Å². The molecule has 0 saturated carbocycles. The van der Waals surface area contributed by atoms with E-state index in [0.717, 1.165) is 0 Å². The van der Waals surface area contributed by atoms with Gasteiger partial charge in [-0.25, -0.2) is 0 Å². The van der Waals surface area contributed by atoms with Gasteiger partial charge in [-0.15, -0.1) is 0 Å². The molecule has 0 bridgehead atoms. The summed E-state index contributed by atoms with van der Waals surface area (Å²) in [5, 5.41) is 0. The molecule has 0 aromatic carbocycles. The number of halogens is 1. The van der Waals surface area contributed by atoms with E-state index in [4.69, 9.17) is 0 Å². The van der Waals surface area contributed by atoms with E-state index in [9.17, 15) is 0 Å². The molecule has 0 N–H and O–H groups in total. The minimum Gasteiger partial charge on any atom is -1.00 e. The largest absolute Gasteiger partial charge is 1.00 e. The quantitative estimate of drug-likeness (QED) is 0.389. The molecule has 0 aliphatic carbocycles. The average molecular weight is 656 g/mol. The van der Waals surface area contributed by atoms with Crippen molar-refractivity contribution >= 4 is 47.4 Å². The molecule has 2 rings (SSSR count). The summed E-state index contributed by atoms with van der Waals surface area (Å²) in [7, 11) is 0. The van der Waals surface area contributed by atoms with Crippen LogP contribution in [-0.2, 0) is 10.8 Å². The van der Waals surface area contributed by atoms with Crippen molar-refractivity contribution in [1.82, 2.24) is 0 Å². The molecule has 0 amide bonds. The van der Waals surface area contributed by atoms with Gasteiger partial charge in [-0.3, -0.25) is 0 Å². The van der Waals surface area contributed by atoms with E-state index >= 15 is 0 Å². The summed E-state index contributed by atoms with van der Waals surface area (Å²) in [6, 6.07) is 2.42. The average Bonchev–Trinajstić information content (AvgIpc) is 2.50. The molecule has 1 aliphatic heterocycles. The van der Waals surface area contributed by atoms with Crippen LogP contribution in [0, 0.1) is 10.8 Å². The normalized spacial score (nSPS) is 15.9. The molecule has 0 spiro atoms. The van der Waals surface area contributed by atoms with E-state index in [0.29, 0.717) is 0 Å². The third kappa shape index (κ3) is 7.22. The van der Waals surface area contributed by atoms with Gasteiger partial charge in [0.1, 0.15) is 0 Å². The first-order valence-electron chi connectivity index (χ1n) is 10.7. The maximum absolute atomic E-state index is 2.51. The van der Waals surface area contributed by atoms with Crippen LogP contribution in [0.5, 0.6) is 0 Å². The van der Waals surface area contributed by atoms with Gasteiger partial charge in [0.25, 0.3) is 0 Å². The summed E-state index contributed by atoms with van der Waals surface area (Å²) in [4.78, 5) is 0. The number of hydrogen-bond donors (Lipinski definition) is 0. The second kappa shape index (κ2) is 9.74. The molecular weight excluding hydrogens is 615 g/mol. The number of allylic oxidation sites excluding steroid dienone is 5. The molecule has 2 heterocycles. The van der Waals surface area contributed by atoms with Gasteiger partial charge in [-0.2, -0.15) is 0 Å². The summed E-state index contributed by atoms with van der Waals surface area (Å²) in [6.45, 7) is 28.6. The van der Waals surface area contributed by atoms with Gasteiger partial charge in [0.05, 0.1) is 0 Å². The fourth-order valence-corrected chi connectivity index (χ4v) is 10.5. The predicted octanol–water partition coefficient (Wildman–Crippen LogP) is 4.58. The first-order chi connectivity index (χ1) is 12.9. The van der Waals surface area contributed by atoms with Crippen molar-refractivity contribution in [1.29, 1.82) is 0 Å². The molecule has 0 fully saturated rings. The van der Waals surface area contributed by atoms with Crippen LogP contribution in [0.3, 0.4) is 0 Å². The van der Waals surface area contributed by atoms with Crippen molar-refractivity contribution in [2.75, 3.05) is 0 Å². The van der Waals surface area contributed by atoms with Crippen LogP contribution >= 0.6 is 0 Å². The topological polar surface area (TPSA) is 0 Å². The Kier molecular flexibility index (Phi) is 9.25. The van der Waals surface area contributed by atoms with E-state index in [2.05, 4.69) is 111 Å². The van der Waals surface area contributed by atoms with Gasteiger partial charge in [-0.1, -0.05) is 0 Å². The molecule has 168 valence electrons. The first-order valence-corrected chi connectivity index (χ1v) is 15.5. The van der Waals surface area contributed by atoms with Gasteiger partial charge < -0.3 is 12.4 Å². The number of hydrogen-bond acceptors (Lipinski definition) is 0. The van der Waals surface area contributed by atoms with Crippen LogP contribution in [0.2, 0.25) is 0 Å². The van der Waals surface area contributed by atoms with Crippen LogP contribution in [0.25, 0.3) is 6.08 Å². The van der Waals surface area contributed by atoms with Gasteiger partial charge in [0, 0.05) is 0 Å². The van der Waals surface area contributed by atoms with Gasteiger partial charge in [0.2, 0.25) is 0 Å². The second-order valence-electron chi connectivity index (χ2n) is 12.3. The molecule has 1 aromatic heterocycles. The molecule has 0 unspecified atom stereocenters. The fourth-order valence-electron chi connectivity index (χ4n) is 3.42. The van der Waals surface area contributed by atoms with E-state index in [-0.39, 0.29) is 75.4 Å². The third-order valence-corrected chi connectivity index (χ3v) is 14.2. The van der Waals surface area contributed by atoms with E-state index in [1.54, 1.807) is 16.4 Å². The van der Waals surface area contributed by atoms with Crippen molar-refractivity contribution < 1.29 is 12.4 Å². The zero-order chi connectivity index (χ0) is 22.4. The Hall–Kier alpha value is 0.439. The Morgan fingerprint density at radius 1 is 0.700 bits per heavy atom. The third-order valence-electron chi connectivity index (χ3n) is 5.00. The predicted molar refractivity (Wildman–Crippen MR) is 134 cm³/mol. The molecule has 30 heavy (non-hydrogen) atoms. The van der Waals surface area contributed by atoms with Crippen LogP contribution in [0.15, 0.2) is 35.1 Å². The van der Waals surface area contributed by atoms with E-state index < -0.39 is 0 Å². The Morgan fingerprint density at radius 2 is 1.17 bits per heavy atom. The summed E-state index contributed by atoms with van der Waals surface area (Å²) in [5.41, 5.74) is 5.35. The first kappa shape index (κ1) is 28.5. The van der Waals surface area contributed by atoms with Gasteiger partial charge in [0.15, 0.2) is 0 Å². The molecule has 1 aliphatic rings. The molecule has 1 aromatic rings. The van der Waals surface area contributed by atoms with Crippen molar-refractivity contribution in [2.45, 2.75) is 93.9 Å². The van der Waals surface area contributed by atoms with Crippen LogP contribution < -0.4 is 12.4 Å². The summed E-state index contributed by atoms with van der Waals surface area (Å²) >= 11 is -0.503. The Bertz CT molecular complexity index is 826. The van der Waals surface area contributed by atoms with Crippen molar-refractivity contribution in [3.05, 3.63) is 49.8 Å². The standard InChI is InChI=1S/C27H41Te2.ClH/c1-24(2,3)20-16-18(17-21(29-20)25(4,5)6)15-19-13-14-28-23(27(10,11)12)22(19)26(7,8)9;/h13-17H,1-12H3;1H/q+1;/p-1. The maximum atomic E-state index is 2.51. The molecule has 0 saturated heterocycles. The molecule has 0 atom stereocenters. The summed E-state index contributed by atoms with van der Waals surface area (Å²) < 4.78 is 7.56. The van der Waals surface area contributed by atoms with Crippen LogP contribution in [0.1, 0.15) is 97.8 Å². The van der Waals surface area contributed by atoms with Crippen molar-refractivity contribution in [3.8, 4) is 0 Å². The van der Waals surface area contributed by atoms with Crippen molar-refractivity contribution in [3.63, 3.8) is 0 Å². The Labute approximate surface area is 212 Å². The molecule has 0 nitrogen and oxygen atoms in total. The minimum atomic E-state index is -0.273. The van der Waals surface area contributed by atoms with Crippen molar-refractivity contribution in [2.24, 2.45) is 10.8 Å². The maximum Gasteiger partial charge on any atom is -1.00 e.